The molecule has 0 radical (unpaired) electrons. The molecule has 1 saturated carbocycles. The molecule has 0 spiro atoms. The first kappa shape index (κ1) is 12.6. The molecule has 17 heavy (non-hydrogen) atoms. The minimum Gasteiger partial charge on any atom is -0.376 e. The van der Waals surface area contributed by atoms with Crippen LogP contribution in [0.2, 0.25) is 0 Å². The van der Waals surface area contributed by atoms with Crippen molar-refractivity contribution in [3.63, 3.8) is 0 Å². The average molecular weight is 234 g/mol. The maximum absolute atomic E-state index is 5.72. The smallest absolute Gasteiger partial charge is 0.0885 e. The molecule has 1 aromatic rings. The van der Waals surface area contributed by atoms with Gasteiger partial charge in [0.05, 0.1) is 11.6 Å². The van der Waals surface area contributed by atoms with E-state index in [1.165, 1.54) is 17.5 Å². The highest BCUT2D eigenvalue weighted by atomic mass is 16.5. The molecule has 1 unspecified atom stereocenters. The molecule has 0 bridgehead atoms. The molecule has 0 saturated heterocycles. The number of nitrogens with two attached hydrogens (primary N) is 1. The summed E-state index contributed by atoms with van der Waals surface area (Å²) in [6.45, 7) is 2.16. The molecule has 94 valence electrons. The Balaban J connectivity index is 2.22. The lowest BCUT2D eigenvalue weighted by molar-refractivity contribution is -0.0999. The first-order valence-electron chi connectivity index (χ1n) is 6.36. The van der Waals surface area contributed by atoms with E-state index in [0.717, 1.165) is 19.3 Å². The monoisotopic (exact) mass is 234 g/mol. The summed E-state index contributed by atoms with van der Waals surface area (Å²) in [6, 6.07) is 8.74. The van der Waals surface area contributed by atoms with Gasteiger partial charge in [0.15, 0.2) is 0 Å². The Bertz CT molecular complexity index is 351. The van der Waals surface area contributed by atoms with E-state index < -0.39 is 0 Å². The lowest BCUT2D eigenvalue weighted by Crippen LogP contribution is -2.52. The number of ether oxygens (including phenoxy) is 1. The van der Waals surface area contributed by atoms with Crippen LogP contribution in [-0.2, 0) is 11.2 Å². The second-order valence-electron chi connectivity index (χ2n) is 4.82. The molecule has 1 aromatic carbocycles. The number of hydrazine groups is 1. The number of hydrogen-bond acceptors (Lipinski definition) is 3. The number of benzene rings is 1. The van der Waals surface area contributed by atoms with Gasteiger partial charge in [-0.3, -0.25) is 11.3 Å². The quantitative estimate of drug-likeness (QED) is 0.607. The van der Waals surface area contributed by atoms with Crippen molar-refractivity contribution in [2.75, 3.05) is 7.11 Å². The van der Waals surface area contributed by atoms with Crippen molar-refractivity contribution in [3.8, 4) is 0 Å². The molecule has 3 heteroatoms. The Hall–Kier alpha value is -0.900. The lowest BCUT2D eigenvalue weighted by atomic mass is 9.72. The van der Waals surface area contributed by atoms with Crippen LogP contribution < -0.4 is 11.3 Å². The summed E-state index contributed by atoms with van der Waals surface area (Å²) in [5.74, 6) is 5.72. The number of rotatable bonds is 5. The van der Waals surface area contributed by atoms with Gasteiger partial charge in [0, 0.05) is 7.11 Å². The van der Waals surface area contributed by atoms with Crippen LogP contribution in [0.15, 0.2) is 24.3 Å². The standard InChI is InChI=1S/C14H22N2O/c1-3-11-5-7-12(8-6-11)13(16-15)14(17-2)9-4-10-14/h5-8,13,16H,3-4,9-10,15H2,1-2H3. The molecule has 0 aromatic heterocycles. The van der Waals surface area contributed by atoms with Crippen molar-refractivity contribution in [2.24, 2.45) is 5.84 Å². The fourth-order valence-electron chi connectivity index (χ4n) is 2.63. The SMILES string of the molecule is CCc1ccc(C(NN)C2(OC)CCC2)cc1. The normalized spacial score (nSPS) is 19.7. The predicted molar refractivity (Wildman–Crippen MR) is 69.5 cm³/mol. The Morgan fingerprint density at radius 2 is 2.00 bits per heavy atom. The maximum Gasteiger partial charge on any atom is 0.0885 e. The Labute approximate surface area is 103 Å². The summed E-state index contributed by atoms with van der Waals surface area (Å²) < 4.78 is 5.70. The highest BCUT2D eigenvalue weighted by Gasteiger charge is 2.44. The van der Waals surface area contributed by atoms with Crippen molar-refractivity contribution < 1.29 is 4.74 Å². The molecule has 3 N–H and O–H groups in total. The van der Waals surface area contributed by atoms with E-state index in [4.69, 9.17) is 10.6 Å². The summed E-state index contributed by atoms with van der Waals surface area (Å²) in [5.41, 5.74) is 5.38. The lowest BCUT2D eigenvalue weighted by Gasteiger charge is -2.46. The fourth-order valence-corrected chi connectivity index (χ4v) is 2.63. The first-order valence-corrected chi connectivity index (χ1v) is 6.36. The summed E-state index contributed by atoms with van der Waals surface area (Å²) in [6.07, 6.45) is 4.44. The zero-order chi connectivity index (χ0) is 12.3. The zero-order valence-corrected chi connectivity index (χ0v) is 10.7. The Kier molecular flexibility index (Phi) is 3.82. The number of methoxy groups -OCH3 is 1. The summed E-state index contributed by atoms with van der Waals surface area (Å²) in [4.78, 5) is 0. The highest BCUT2D eigenvalue weighted by Crippen LogP contribution is 2.44. The second kappa shape index (κ2) is 5.17. The van der Waals surface area contributed by atoms with Crippen molar-refractivity contribution in [1.29, 1.82) is 0 Å². The second-order valence-corrected chi connectivity index (χ2v) is 4.82. The molecule has 0 amide bonds. The average Bonchev–Trinajstić information content (AvgIpc) is 2.34. The van der Waals surface area contributed by atoms with Crippen molar-refractivity contribution in [2.45, 2.75) is 44.2 Å². The molecule has 0 aliphatic heterocycles. The van der Waals surface area contributed by atoms with Crippen LogP contribution in [0.25, 0.3) is 0 Å². The van der Waals surface area contributed by atoms with Crippen LogP contribution in [0.3, 0.4) is 0 Å². The van der Waals surface area contributed by atoms with E-state index in [2.05, 4.69) is 36.6 Å². The van der Waals surface area contributed by atoms with Gasteiger partial charge in [-0.1, -0.05) is 31.2 Å². The van der Waals surface area contributed by atoms with Crippen LogP contribution in [0.1, 0.15) is 43.4 Å². The van der Waals surface area contributed by atoms with Crippen LogP contribution in [0.5, 0.6) is 0 Å². The summed E-state index contributed by atoms with van der Waals surface area (Å²) in [5, 5.41) is 0. The van der Waals surface area contributed by atoms with Crippen LogP contribution in [-0.4, -0.2) is 12.7 Å². The van der Waals surface area contributed by atoms with Gasteiger partial charge in [-0.2, -0.15) is 0 Å². The van der Waals surface area contributed by atoms with Crippen molar-refractivity contribution in [1.82, 2.24) is 5.43 Å². The Morgan fingerprint density at radius 1 is 1.35 bits per heavy atom. The van der Waals surface area contributed by atoms with Gasteiger partial charge < -0.3 is 4.74 Å². The van der Waals surface area contributed by atoms with E-state index in [0.29, 0.717) is 0 Å². The molecule has 1 aliphatic carbocycles. The molecular weight excluding hydrogens is 212 g/mol. The summed E-state index contributed by atoms with van der Waals surface area (Å²) >= 11 is 0. The molecule has 3 nitrogen and oxygen atoms in total. The summed E-state index contributed by atoms with van der Waals surface area (Å²) in [7, 11) is 1.78. The van der Waals surface area contributed by atoms with Crippen molar-refractivity contribution in [3.05, 3.63) is 35.4 Å². The molecule has 1 aliphatic rings. The third-order valence-corrected chi connectivity index (χ3v) is 4.02. The van der Waals surface area contributed by atoms with Crippen LogP contribution >= 0.6 is 0 Å². The van der Waals surface area contributed by atoms with Gasteiger partial charge in [-0.25, -0.2) is 0 Å². The van der Waals surface area contributed by atoms with Crippen LogP contribution in [0, 0.1) is 0 Å². The zero-order valence-electron chi connectivity index (χ0n) is 10.7. The van der Waals surface area contributed by atoms with Gasteiger partial charge in [-0.05, 0) is 36.8 Å². The topological polar surface area (TPSA) is 47.3 Å². The van der Waals surface area contributed by atoms with Gasteiger partial charge in [-0.15, -0.1) is 0 Å². The number of hydrogen-bond donors (Lipinski definition) is 2. The number of nitrogens with one attached hydrogen (secondary N) is 1. The molecular formula is C14H22N2O. The third kappa shape index (κ3) is 2.23. The van der Waals surface area contributed by atoms with E-state index in [9.17, 15) is 0 Å². The first-order chi connectivity index (χ1) is 8.25. The minimum atomic E-state index is -0.109. The predicted octanol–water partition coefficient (Wildman–Crippen LogP) is 2.32. The number of aryl methyl sites for hydroxylation is 1. The van der Waals surface area contributed by atoms with E-state index >= 15 is 0 Å². The molecule has 1 fully saturated rings. The highest BCUT2D eigenvalue weighted by molar-refractivity contribution is 5.28. The van der Waals surface area contributed by atoms with E-state index in [-0.39, 0.29) is 11.6 Å². The van der Waals surface area contributed by atoms with E-state index in [1.807, 2.05) is 0 Å². The molecule has 0 heterocycles. The van der Waals surface area contributed by atoms with Gasteiger partial charge in [0.1, 0.15) is 0 Å². The maximum atomic E-state index is 5.72. The Morgan fingerprint density at radius 3 is 2.35 bits per heavy atom. The fraction of sp³-hybridized carbons (Fsp3) is 0.571. The molecule has 1 atom stereocenters. The van der Waals surface area contributed by atoms with E-state index in [1.54, 1.807) is 7.11 Å². The van der Waals surface area contributed by atoms with Gasteiger partial charge in [0.2, 0.25) is 0 Å². The largest absolute Gasteiger partial charge is 0.376 e. The molecule has 2 rings (SSSR count). The third-order valence-electron chi connectivity index (χ3n) is 4.02. The minimum absolute atomic E-state index is 0.0900. The van der Waals surface area contributed by atoms with Gasteiger partial charge in [0.25, 0.3) is 0 Å². The van der Waals surface area contributed by atoms with Crippen molar-refractivity contribution >= 4 is 0 Å². The van der Waals surface area contributed by atoms with Crippen LogP contribution in [0.4, 0.5) is 0 Å². The van der Waals surface area contributed by atoms with Gasteiger partial charge >= 0.3 is 0 Å².